The summed E-state index contributed by atoms with van der Waals surface area (Å²) < 4.78 is 18.3. The predicted octanol–water partition coefficient (Wildman–Crippen LogP) is 4.53. The smallest absolute Gasteiger partial charge is 0.292 e. The third-order valence-electron chi connectivity index (χ3n) is 5.57. The maximum absolute atomic E-state index is 13.2. The molecule has 2 aromatic carbocycles. The van der Waals surface area contributed by atoms with Crippen LogP contribution in [0, 0.1) is 15.9 Å². The number of hydrogen-bond acceptors (Lipinski definition) is 5. The molecule has 1 fully saturated rings. The fraction of sp³-hybridized carbons (Fsp3) is 0.348. The van der Waals surface area contributed by atoms with Crippen molar-refractivity contribution in [2.24, 2.45) is 0 Å². The Morgan fingerprint density at radius 3 is 2.56 bits per heavy atom. The summed E-state index contributed by atoms with van der Waals surface area (Å²) in [6.45, 7) is 5.92. The second-order valence-electron chi connectivity index (χ2n) is 7.89. The van der Waals surface area contributed by atoms with Crippen LogP contribution in [0.1, 0.15) is 25.0 Å². The van der Waals surface area contributed by atoms with Gasteiger partial charge >= 0.3 is 0 Å². The number of hydrogen-bond donors (Lipinski definition) is 0. The molecule has 3 rings (SSSR count). The Morgan fingerprint density at radius 2 is 1.94 bits per heavy atom. The van der Waals surface area contributed by atoms with Crippen LogP contribution in [0.2, 0.25) is 5.02 Å². The Labute approximate surface area is 191 Å². The first-order valence-electron chi connectivity index (χ1n) is 10.2. The highest BCUT2D eigenvalue weighted by Gasteiger charge is 2.31. The van der Waals surface area contributed by atoms with Crippen LogP contribution in [0.5, 0.6) is 5.75 Å². The van der Waals surface area contributed by atoms with Gasteiger partial charge in [-0.3, -0.25) is 19.8 Å². The minimum atomic E-state index is -0.589. The minimum Gasteiger partial charge on any atom is -0.495 e. The van der Waals surface area contributed by atoms with E-state index in [9.17, 15) is 19.3 Å². The summed E-state index contributed by atoms with van der Waals surface area (Å²) in [5.41, 5.74) is 1.18. The summed E-state index contributed by atoms with van der Waals surface area (Å²) >= 11 is 5.99. The molecule has 7 nitrogen and oxygen atoms in total. The molecule has 1 aliphatic rings. The molecule has 0 aliphatic carbocycles. The number of amides is 1. The number of rotatable bonds is 6. The van der Waals surface area contributed by atoms with Crippen molar-refractivity contribution < 1.29 is 18.8 Å². The number of halogens is 2. The number of ether oxygens (including phenoxy) is 1. The Hall–Kier alpha value is -2.97. The Kier molecular flexibility index (Phi) is 7.48. The summed E-state index contributed by atoms with van der Waals surface area (Å²) in [5.74, 6) is -0.271. The van der Waals surface area contributed by atoms with Gasteiger partial charge in [0.05, 0.1) is 12.0 Å². The lowest BCUT2D eigenvalue weighted by Gasteiger charge is -2.44. The number of methoxy groups -OCH3 is 1. The van der Waals surface area contributed by atoms with Crippen LogP contribution < -0.4 is 4.74 Å². The zero-order valence-corrected chi connectivity index (χ0v) is 18.9. The molecule has 1 amide bonds. The van der Waals surface area contributed by atoms with Crippen molar-refractivity contribution in [2.75, 3.05) is 20.2 Å². The van der Waals surface area contributed by atoms with Crippen molar-refractivity contribution in [3.63, 3.8) is 0 Å². The van der Waals surface area contributed by atoms with Gasteiger partial charge in [-0.1, -0.05) is 23.7 Å². The van der Waals surface area contributed by atoms with E-state index >= 15 is 0 Å². The van der Waals surface area contributed by atoms with Crippen LogP contribution in [-0.2, 0) is 11.3 Å². The number of piperazine rings is 1. The highest BCUT2D eigenvalue weighted by molar-refractivity contribution is 6.34. The third-order valence-corrected chi connectivity index (χ3v) is 5.95. The van der Waals surface area contributed by atoms with E-state index in [4.69, 9.17) is 16.3 Å². The molecule has 0 bridgehead atoms. The Bertz CT molecular complexity index is 1030. The molecule has 0 aromatic heterocycles. The van der Waals surface area contributed by atoms with Gasteiger partial charge in [-0.15, -0.1) is 0 Å². The monoisotopic (exact) mass is 461 g/mol. The van der Waals surface area contributed by atoms with Gasteiger partial charge in [0.1, 0.15) is 11.6 Å². The van der Waals surface area contributed by atoms with Gasteiger partial charge in [0.2, 0.25) is 5.91 Å². The fourth-order valence-corrected chi connectivity index (χ4v) is 4.05. The molecule has 32 heavy (non-hydrogen) atoms. The zero-order valence-electron chi connectivity index (χ0n) is 18.1. The van der Waals surface area contributed by atoms with Crippen LogP contribution in [0.4, 0.5) is 10.1 Å². The van der Waals surface area contributed by atoms with E-state index in [0.717, 1.165) is 5.56 Å². The third kappa shape index (κ3) is 5.44. The number of nitro groups is 1. The first-order valence-corrected chi connectivity index (χ1v) is 10.6. The quantitative estimate of drug-likeness (QED) is 0.359. The lowest BCUT2D eigenvalue weighted by atomic mass is 10.1. The highest BCUT2D eigenvalue weighted by atomic mass is 35.5. The number of carbonyl (C=O) groups excluding carboxylic acids is 1. The first kappa shape index (κ1) is 23.7. The van der Waals surface area contributed by atoms with Gasteiger partial charge in [0.25, 0.3) is 5.69 Å². The maximum Gasteiger partial charge on any atom is 0.292 e. The molecule has 1 aliphatic heterocycles. The molecule has 0 N–H and O–H groups in total. The molecule has 0 saturated carbocycles. The van der Waals surface area contributed by atoms with Crippen LogP contribution in [0.3, 0.4) is 0 Å². The molecule has 0 spiro atoms. The van der Waals surface area contributed by atoms with Crippen LogP contribution in [0.25, 0.3) is 6.08 Å². The van der Waals surface area contributed by atoms with E-state index in [1.165, 1.54) is 37.5 Å². The highest BCUT2D eigenvalue weighted by Crippen LogP contribution is 2.35. The second-order valence-corrected chi connectivity index (χ2v) is 8.27. The lowest BCUT2D eigenvalue weighted by Crippen LogP contribution is -2.57. The van der Waals surface area contributed by atoms with Crippen molar-refractivity contribution in [3.8, 4) is 5.75 Å². The maximum atomic E-state index is 13.2. The number of benzene rings is 2. The average molecular weight is 462 g/mol. The molecule has 170 valence electrons. The molecular weight excluding hydrogens is 437 g/mol. The standard InChI is InChI=1S/C23H25ClFN3O4/c1-15-13-27(16(2)12-26(15)14-17-4-7-19(25)8-5-17)22(29)9-6-18-10-20(28(30)31)23(24)21(11-18)32-3/h4-11,15-16H,12-14H2,1-3H3/b9-6+/t15-,16+/m0/s1. The lowest BCUT2D eigenvalue weighted by molar-refractivity contribution is -0.384. The normalized spacial score (nSPS) is 19.3. The van der Waals surface area contributed by atoms with Crippen molar-refractivity contribution in [3.05, 3.63) is 74.6 Å². The predicted molar refractivity (Wildman–Crippen MR) is 121 cm³/mol. The van der Waals surface area contributed by atoms with Crippen molar-refractivity contribution >= 4 is 29.3 Å². The summed E-state index contributed by atoms with van der Waals surface area (Å²) in [6, 6.07) is 9.38. The topological polar surface area (TPSA) is 75.9 Å². The first-order chi connectivity index (χ1) is 15.2. The van der Waals surface area contributed by atoms with Crippen LogP contribution in [0.15, 0.2) is 42.5 Å². The number of nitrogens with zero attached hydrogens (tertiary/aromatic N) is 3. The molecule has 2 atom stereocenters. The summed E-state index contributed by atoms with van der Waals surface area (Å²) in [4.78, 5) is 27.5. The second kappa shape index (κ2) is 10.1. The Balaban J connectivity index is 1.69. The number of nitro benzene ring substituents is 1. The summed E-state index contributed by atoms with van der Waals surface area (Å²) in [5, 5.41) is 11.1. The van der Waals surface area contributed by atoms with Gasteiger partial charge < -0.3 is 9.64 Å². The van der Waals surface area contributed by atoms with E-state index in [2.05, 4.69) is 4.90 Å². The van der Waals surface area contributed by atoms with E-state index in [1.807, 2.05) is 13.8 Å². The number of carbonyl (C=O) groups is 1. The van der Waals surface area contributed by atoms with Gasteiger partial charge in [-0.2, -0.15) is 0 Å². The van der Waals surface area contributed by atoms with Crippen molar-refractivity contribution in [2.45, 2.75) is 32.5 Å². The van der Waals surface area contributed by atoms with Gasteiger partial charge in [0, 0.05) is 43.9 Å². The molecule has 1 saturated heterocycles. The van der Waals surface area contributed by atoms with E-state index in [0.29, 0.717) is 25.2 Å². The molecule has 1 heterocycles. The fourth-order valence-electron chi connectivity index (χ4n) is 3.79. The SMILES string of the molecule is COc1cc(/C=C/C(=O)N2C[C@H](C)N(Cc3ccc(F)cc3)C[C@H]2C)cc([N+](=O)[O-])c1Cl. The molecular formula is C23H25ClFN3O4. The largest absolute Gasteiger partial charge is 0.495 e. The van der Waals surface area contributed by atoms with Gasteiger partial charge in [-0.05, 0) is 49.2 Å². The molecule has 0 radical (unpaired) electrons. The van der Waals surface area contributed by atoms with E-state index < -0.39 is 4.92 Å². The van der Waals surface area contributed by atoms with Crippen molar-refractivity contribution in [1.29, 1.82) is 0 Å². The molecule has 2 aromatic rings. The summed E-state index contributed by atoms with van der Waals surface area (Å²) in [7, 11) is 1.37. The van der Waals surface area contributed by atoms with Gasteiger partial charge in [-0.25, -0.2) is 4.39 Å². The molecule has 0 unspecified atom stereocenters. The van der Waals surface area contributed by atoms with E-state index in [1.54, 1.807) is 23.1 Å². The molecule has 9 heteroatoms. The summed E-state index contributed by atoms with van der Waals surface area (Å²) in [6.07, 6.45) is 2.93. The van der Waals surface area contributed by atoms with Gasteiger partial charge in [0.15, 0.2) is 5.02 Å². The zero-order chi connectivity index (χ0) is 23.4. The average Bonchev–Trinajstić information content (AvgIpc) is 2.76. The van der Waals surface area contributed by atoms with Crippen molar-refractivity contribution in [1.82, 2.24) is 9.80 Å². The van der Waals surface area contributed by atoms with Crippen LogP contribution >= 0.6 is 11.6 Å². The minimum absolute atomic E-state index is 0.0297. The van der Waals surface area contributed by atoms with Crippen LogP contribution in [-0.4, -0.2) is 52.9 Å². The van der Waals surface area contributed by atoms with E-state index in [-0.39, 0.29) is 40.3 Å². The Morgan fingerprint density at radius 1 is 1.25 bits per heavy atom.